The Morgan fingerprint density at radius 3 is 1.71 bits per heavy atom. The molecule has 3 rings (SSSR count). The smallest absolute Gasteiger partial charge is 0.274 e. The van der Waals surface area contributed by atoms with Crippen molar-refractivity contribution in [2.75, 3.05) is 4.90 Å². The fraction of sp³-hybridized carbons (Fsp3) is 0.0714. The largest absolute Gasteiger partial charge is 0.606 e. The number of nitro benzene ring substituents is 2. The maximum Gasteiger partial charge on any atom is 0.274 e. The fourth-order valence-corrected chi connectivity index (χ4v) is 3.88. The van der Waals surface area contributed by atoms with Crippen molar-refractivity contribution in [3.8, 4) is 0 Å². The molecule has 9 nitrogen and oxygen atoms in total. The number of nitrogens with zero attached hydrogens (tertiary/aromatic N) is 3. The van der Waals surface area contributed by atoms with E-state index in [0.717, 1.165) is 12.1 Å². The molecule has 0 aromatic heterocycles. The molecule has 2 aromatic rings. The summed E-state index contributed by atoms with van der Waals surface area (Å²) in [7, 11) is 0. The molecule has 1 aliphatic heterocycles. The van der Waals surface area contributed by atoms with Gasteiger partial charge in [-0.25, -0.2) is 0 Å². The highest BCUT2D eigenvalue weighted by Crippen LogP contribution is 2.46. The summed E-state index contributed by atoms with van der Waals surface area (Å²) in [5.41, 5.74) is -0.0421. The molecule has 24 heavy (non-hydrogen) atoms. The third-order valence-electron chi connectivity index (χ3n) is 3.50. The van der Waals surface area contributed by atoms with Crippen LogP contribution >= 0.6 is 0 Å². The monoisotopic (exact) mass is 347 g/mol. The standard InChI is InChI=1S/C14H9N3O6S/c1-8(18)15-11-4-2-9(16(19)20)6-13(11)24(23)14-7-10(17(21)22)3-5-12(14)15/h2-7H,1H3. The van der Waals surface area contributed by atoms with Crippen LogP contribution in [0.3, 0.4) is 0 Å². The number of carbonyl (C=O) groups excluding carboxylic acids is 1. The van der Waals surface area contributed by atoms with Crippen LogP contribution in [0, 0.1) is 20.2 Å². The van der Waals surface area contributed by atoms with E-state index in [1.807, 2.05) is 0 Å². The normalized spacial score (nSPS) is 13.2. The first-order valence-electron chi connectivity index (χ1n) is 6.60. The van der Waals surface area contributed by atoms with E-state index >= 15 is 0 Å². The lowest BCUT2D eigenvalue weighted by Gasteiger charge is -2.30. The number of nitro groups is 2. The molecule has 1 amide bonds. The number of rotatable bonds is 2. The highest BCUT2D eigenvalue weighted by molar-refractivity contribution is 7.92. The van der Waals surface area contributed by atoms with E-state index in [0.29, 0.717) is 0 Å². The summed E-state index contributed by atoms with van der Waals surface area (Å²) < 4.78 is 12.8. The Hall–Kier alpha value is -2.98. The van der Waals surface area contributed by atoms with Crippen molar-refractivity contribution in [1.29, 1.82) is 0 Å². The minimum absolute atomic E-state index is 0.0624. The first kappa shape index (κ1) is 15.9. The molecule has 0 bridgehead atoms. The van der Waals surface area contributed by atoms with E-state index in [4.69, 9.17) is 0 Å². The fourth-order valence-electron chi connectivity index (χ4n) is 2.49. The zero-order valence-corrected chi connectivity index (χ0v) is 13.0. The van der Waals surface area contributed by atoms with Crippen molar-refractivity contribution >= 4 is 39.8 Å². The Morgan fingerprint density at radius 2 is 1.38 bits per heavy atom. The summed E-state index contributed by atoms with van der Waals surface area (Å²) in [5.74, 6) is -0.406. The van der Waals surface area contributed by atoms with E-state index in [2.05, 4.69) is 0 Å². The van der Waals surface area contributed by atoms with Crippen LogP contribution in [0.15, 0.2) is 46.2 Å². The summed E-state index contributed by atoms with van der Waals surface area (Å²) in [6, 6.07) is 7.34. The molecule has 10 heteroatoms. The second-order valence-electron chi connectivity index (χ2n) is 4.94. The van der Waals surface area contributed by atoms with Gasteiger partial charge in [0.15, 0.2) is 9.79 Å². The van der Waals surface area contributed by atoms with Gasteiger partial charge in [-0.05, 0) is 12.1 Å². The zero-order chi connectivity index (χ0) is 17.6. The summed E-state index contributed by atoms with van der Waals surface area (Å²) in [6.45, 7) is 1.28. The van der Waals surface area contributed by atoms with Crippen LogP contribution in [-0.4, -0.2) is 20.3 Å². The highest BCUT2D eigenvalue weighted by Gasteiger charge is 2.38. The van der Waals surface area contributed by atoms with Gasteiger partial charge in [-0.15, -0.1) is 0 Å². The molecule has 122 valence electrons. The van der Waals surface area contributed by atoms with Crippen molar-refractivity contribution in [3.63, 3.8) is 0 Å². The molecular formula is C14H9N3O6S. The average Bonchev–Trinajstić information content (AvgIpc) is 2.54. The van der Waals surface area contributed by atoms with Gasteiger partial charge in [0, 0.05) is 30.2 Å². The van der Waals surface area contributed by atoms with Crippen LogP contribution < -0.4 is 4.90 Å². The van der Waals surface area contributed by atoms with Crippen molar-refractivity contribution in [2.24, 2.45) is 0 Å². The third-order valence-corrected chi connectivity index (χ3v) is 4.96. The molecule has 2 aromatic carbocycles. The molecule has 0 aliphatic carbocycles. The molecule has 0 radical (unpaired) electrons. The molecule has 0 saturated carbocycles. The van der Waals surface area contributed by atoms with Gasteiger partial charge in [0.25, 0.3) is 11.4 Å². The highest BCUT2D eigenvalue weighted by atomic mass is 32.2. The molecular weight excluding hydrogens is 338 g/mol. The van der Waals surface area contributed by atoms with Crippen molar-refractivity contribution in [2.45, 2.75) is 16.7 Å². The second-order valence-corrected chi connectivity index (χ2v) is 6.36. The minimum atomic E-state index is -1.88. The van der Waals surface area contributed by atoms with Crippen LogP contribution in [-0.2, 0) is 16.0 Å². The van der Waals surface area contributed by atoms with E-state index < -0.39 is 26.9 Å². The number of hydrogen-bond acceptors (Lipinski definition) is 6. The Labute approximate surface area is 138 Å². The van der Waals surface area contributed by atoms with E-state index in [1.54, 1.807) is 0 Å². The van der Waals surface area contributed by atoms with Crippen molar-refractivity contribution < 1.29 is 19.2 Å². The number of hydrogen-bond donors (Lipinski definition) is 0. The van der Waals surface area contributed by atoms with Gasteiger partial charge in [0.1, 0.15) is 11.4 Å². The summed E-state index contributed by atoms with van der Waals surface area (Å²) in [4.78, 5) is 34.0. The maximum atomic E-state index is 12.8. The van der Waals surface area contributed by atoms with Gasteiger partial charge >= 0.3 is 0 Å². The average molecular weight is 347 g/mol. The molecule has 0 unspecified atom stereocenters. The Kier molecular flexibility index (Phi) is 3.70. The Bertz CT molecular complexity index is 835. The predicted molar refractivity (Wildman–Crippen MR) is 83.7 cm³/mol. The number of carbonyl (C=O) groups is 1. The van der Waals surface area contributed by atoms with Gasteiger partial charge in [-0.3, -0.25) is 29.9 Å². The van der Waals surface area contributed by atoms with Crippen LogP contribution in [0.4, 0.5) is 22.7 Å². The van der Waals surface area contributed by atoms with E-state index in [9.17, 15) is 29.6 Å². The first-order chi connectivity index (χ1) is 11.3. The summed E-state index contributed by atoms with van der Waals surface area (Å²) in [5, 5.41) is 21.9. The number of amides is 1. The molecule has 0 N–H and O–H groups in total. The van der Waals surface area contributed by atoms with Crippen molar-refractivity contribution in [3.05, 3.63) is 56.6 Å². The van der Waals surface area contributed by atoms with Crippen LogP contribution in [0.2, 0.25) is 0 Å². The third kappa shape index (κ3) is 2.37. The molecule has 0 atom stereocenters. The Morgan fingerprint density at radius 1 is 0.958 bits per heavy atom. The molecule has 1 heterocycles. The van der Waals surface area contributed by atoms with Gasteiger partial charge < -0.3 is 4.55 Å². The SMILES string of the molecule is CC(=O)N1c2ccc([N+](=O)[O-])cc2[S+]([O-])c2cc([N+](=O)[O-])ccc21. The lowest BCUT2D eigenvalue weighted by molar-refractivity contribution is -0.385. The van der Waals surface area contributed by atoms with E-state index in [1.165, 1.54) is 36.1 Å². The number of non-ortho nitro benzene ring substituents is 2. The maximum absolute atomic E-state index is 12.8. The lowest BCUT2D eigenvalue weighted by atomic mass is 10.2. The zero-order valence-electron chi connectivity index (χ0n) is 12.2. The minimum Gasteiger partial charge on any atom is -0.606 e. The number of benzene rings is 2. The van der Waals surface area contributed by atoms with Gasteiger partial charge in [0.2, 0.25) is 5.91 Å². The quantitative estimate of drug-likeness (QED) is 0.466. The number of anilines is 2. The van der Waals surface area contributed by atoms with Gasteiger partial charge in [0.05, 0.1) is 22.0 Å². The first-order valence-corrected chi connectivity index (χ1v) is 7.75. The van der Waals surface area contributed by atoms with Gasteiger partial charge in [-0.2, -0.15) is 0 Å². The Balaban J connectivity index is 2.26. The van der Waals surface area contributed by atoms with Gasteiger partial charge in [-0.1, -0.05) is 0 Å². The van der Waals surface area contributed by atoms with Crippen LogP contribution in [0.25, 0.3) is 0 Å². The van der Waals surface area contributed by atoms with Crippen molar-refractivity contribution in [1.82, 2.24) is 0 Å². The lowest BCUT2D eigenvalue weighted by Crippen LogP contribution is -2.30. The summed E-state index contributed by atoms with van der Waals surface area (Å²) in [6.07, 6.45) is 0. The van der Waals surface area contributed by atoms with Crippen LogP contribution in [0.1, 0.15) is 6.92 Å². The summed E-state index contributed by atoms with van der Waals surface area (Å²) >= 11 is -1.88. The molecule has 0 spiro atoms. The molecule has 0 saturated heterocycles. The second kappa shape index (κ2) is 5.58. The molecule has 1 aliphatic rings. The van der Waals surface area contributed by atoms with E-state index in [-0.39, 0.29) is 32.5 Å². The van der Waals surface area contributed by atoms with Crippen LogP contribution in [0.5, 0.6) is 0 Å². The predicted octanol–water partition coefficient (Wildman–Crippen LogP) is 2.67. The number of fused-ring (bicyclic) bond motifs is 2. The topological polar surface area (TPSA) is 130 Å². The molecule has 0 fully saturated rings.